The number of halogens is 1. The van der Waals surface area contributed by atoms with E-state index in [1.54, 1.807) is 7.11 Å². The average Bonchev–Trinajstić information content (AvgIpc) is 2.27. The average molecular weight is 301 g/mol. The van der Waals surface area contributed by atoms with E-state index in [9.17, 15) is 0 Å². The molecule has 0 amide bonds. The van der Waals surface area contributed by atoms with Gasteiger partial charge in [0.25, 0.3) is 0 Å². The molecule has 0 bridgehead atoms. The van der Waals surface area contributed by atoms with Gasteiger partial charge in [0.15, 0.2) is 11.5 Å². The van der Waals surface area contributed by atoms with Crippen LogP contribution in [0.1, 0.15) is 32.8 Å². The Morgan fingerprint density at radius 2 is 1.94 bits per heavy atom. The van der Waals surface area contributed by atoms with Crippen molar-refractivity contribution in [3.8, 4) is 11.5 Å². The summed E-state index contributed by atoms with van der Waals surface area (Å²) in [4.78, 5) is 0. The summed E-state index contributed by atoms with van der Waals surface area (Å²) < 4.78 is 11.2. The predicted molar refractivity (Wildman–Crippen MR) is 75.2 cm³/mol. The zero-order valence-corrected chi connectivity index (χ0v) is 12.6. The third kappa shape index (κ3) is 4.58. The van der Waals surface area contributed by atoms with Crippen molar-refractivity contribution in [2.45, 2.75) is 32.5 Å². The molecule has 0 spiro atoms. The van der Waals surface area contributed by atoms with Gasteiger partial charge in [0, 0.05) is 10.9 Å². The van der Waals surface area contributed by atoms with Gasteiger partial charge in [0.1, 0.15) is 0 Å². The molecule has 0 radical (unpaired) electrons. The van der Waals surface area contributed by atoms with E-state index in [2.05, 4.69) is 36.7 Å². The van der Waals surface area contributed by atoms with Crippen LogP contribution in [0.4, 0.5) is 0 Å². The van der Waals surface area contributed by atoms with E-state index in [0.717, 1.165) is 28.8 Å². The maximum atomic E-state index is 5.87. The van der Waals surface area contributed by atoms with Crippen molar-refractivity contribution in [1.29, 1.82) is 0 Å². The molecule has 96 valence electrons. The van der Waals surface area contributed by atoms with Crippen molar-refractivity contribution in [3.63, 3.8) is 0 Å². The third-order valence-electron chi connectivity index (χ3n) is 2.52. The molecule has 0 aliphatic carbocycles. The minimum absolute atomic E-state index is 0.288. The highest BCUT2D eigenvalue weighted by Gasteiger charge is 2.13. The first-order chi connectivity index (χ1) is 7.98. The lowest BCUT2D eigenvalue weighted by molar-refractivity contribution is 0.233. The lowest BCUT2D eigenvalue weighted by Crippen LogP contribution is -2.12. The Hall–Kier alpha value is -0.700. The highest BCUT2D eigenvalue weighted by atomic mass is 79.9. The SMILES string of the molecule is COc1cccc(CBr)c1OCCC(C)(C)C. The van der Waals surface area contributed by atoms with Gasteiger partial charge in [-0.15, -0.1) is 0 Å². The van der Waals surface area contributed by atoms with Gasteiger partial charge in [-0.3, -0.25) is 0 Å². The van der Waals surface area contributed by atoms with Crippen LogP contribution in [0.5, 0.6) is 11.5 Å². The molecule has 0 aliphatic rings. The number of methoxy groups -OCH3 is 1. The monoisotopic (exact) mass is 300 g/mol. The lowest BCUT2D eigenvalue weighted by atomic mass is 9.93. The molecule has 0 unspecified atom stereocenters. The standard InChI is InChI=1S/C14H21BrO2/c1-14(2,3)8-9-17-13-11(10-15)6-5-7-12(13)16-4/h5-7H,8-10H2,1-4H3. The van der Waals surface area contributed by atoms with Gasteiger partial charge < -0.3 is 9.47 Å². The van der Waals surface area contributed by atoms with E-state index in [1.165, 1.54) is 0 Å². The van der Waals surface area contributed by atoms with Crippen LogP contribution in [0.25, 0.3) is 0 Å². The summed E-state index contributed by atoms with van der Waals surface area (Å²) in [5, 5.41) is 0.773. The Morgan fingerprint density at radius 3 is 2.47 bits per heavy atom. The van der Waals surface area contributed by atoms with Gasteiger partial charge in [-0.2, -0.15) is 0 Å². The van der Waals surface area contributed by atoms with Gasteiger partial charge in [-0.05, 0) is 17.9 Å². The highest BCUT2D eigenvalue weighted by molar-refractivity contribution is 9.08. The molecule has 0 saturated heterocycles. The van der Waals surface area contributed by atoms with Crippen molar-refractivity contribution in [2.75, 3.05) is 13.7 Å². The van der Waals surface area contributed by atoms with Crippen LogP contribution in [0.3, 0.4) is 0 Å². The van der Waals surface area contributed by atoms with Crippen molar-refractivity contribution in [2.24, 2.45) is 5.41 Å². The largest absolute Gasteiger partial charge is 0.493 e. The second-order valence-electron chi connectivity index (χ2n) is 5.24. The Kier molecular flexibility index (Phi) is 5.31. The molecule has 3 heteroatoms. The molecule has 2 nitrogen and oxygen atoms in total. The summed E-state index contributed by atoms with van der Waals surface area (Å²) in [5.74, 6) is 1.66. The first-order valence-corrected chi connectivity index (χ1v) is 6.95. The van der Waals surface area contributed by atoms with Crippen LogP contribution in [-0.2, 0) is 5.33 Å². The summed E-state index contributed by atoms with van der Waals surface area (Å²) in [6.07, 6.45) is 1.02. The molecule has 1 aromatic rings. The molecule has 0 N–H and O–H groups in total. The van der Waals surface area contributed by atoms with Gasteiger partial charge in [0.2, 0.25) is 0 Å². The fourth-order valence-corrected chi connectivity index (χ4v) is 1.89. The number of hydrogen-bond donors (Lipinski definition) is 0. The molecule has 0 atom stereocenters. The number of ether oxygens (including phenoxy) is 2. The molecular weight excluding hydrogens is 280 g/mol. The smallest absolute Gasteiger partial charge is 0.165 e. The van der Waals surface area contributed by atoms with E-state index >= 15 is 0 Å². The summed E-state index contributed by atoms with van der Waals surface area (Å²) in [5.41, 5.74) is 1.41. The van der Waals surface area contributed by atoms with Crippen molar-refractivity contribution >= 4 is 15.9 Å². The normalized spacial score (nSPS) is 11.4. The van der Waals surface area contributed by atoms with Crippen molar-refractivity contribution < 1.29 is 9.47 Å². The van der Waals surface area contributed by atoms with Gasteiger partial charge >= 0.3 is 0 Å². The molecule has 0 aliphatic heterocycles. The van der Waals surface area contributed by atoms with Crippen LogP contribution in [-0.4, -0.2) is 13.7 Å². The predicted octanol–water partition coefficient (Wildman–Crippen LogP) is 4.41. The molecule has 17 heavy (non-hydrogen) atoms. The van der Waals surface area contributed by atoms with Gasteiger partial charge in [-0.25, -0.2) is 0 Å². The number of para-hydroxylation sites is 1. The number of hydrogen-bond acceptors (Lipinski definition) is 2. The topological polar surface area (TPSA) is 18.5 Å². The van der Waals surface area contributed by atoms with Gasteiger partial charge in [-0.1, -0.05) is 48.8 Å². The molecule has 0 saturated carbocycles. The number of alkyl halides is 1. The highest BCUT2D eigenvalue weighted by Crippen LogP contribution is 2.33. The number of benzene rings is 1. The molecule has 1 rings (SSSR count). The quantitative estimate of drug-likeness (QED) is 0.750. The molecule has 0 heterocycles. The Morgan fingerprint density at radius 1 is 1.24 bits per heavy atom. The van der Waals surface area contributed by atoms with Crippen LogP contribution < -0.4 is 9.47 Å². The van der Waals surface area contributed by atoms with E-state index in [-0.39, 0.29) is 5.41 Å². The second-order valence-corrected chi connectivity index (χ2v) is 5.80. The third-order valence-corrected chi connectivity index (χ3v) is 3.13. The first-order valence-electron chi connectivity index (χ1n) is 5.82. The summed E-state index contributed by atoms with van der Waals surface area (Å²) in [6, 6.07) is 5.95. The summed E-state index contributed by atoms with van der Waals surface area (Å²) in [7, 11) is 1.67. The fraction of sp³-hybridized carbons (Fsp3) is 0.571. The fourth-order valence-electron chi connectivity index (χ4n) is 1.45. The van der Waals surface area contributed by atoms with E-state index < -0.39 is 0 Å². The Bertz CT molecular complexity index is 333. The lowest BCUT2D eigenvalue weighted by Gasteiger charge is -2.20. The first kappa shape index (κ1) is 14.4. The second kappa shape index (κ2) is 6.29. The minimum atomic E-state index is 0.288. The van der Waals surface area contributed by atoms with Crippen LogP contribution in [0, 0.1) is 5.41 Å². The van der Waals surface area contributed by atoms with Crippen molar-refractivity contribution in [1.82, 2.24) is 0 Å². The van der Waals surface area contributed by atoms with E-state index in [0.29, 0.717) is 6.61 Å². The summed E-state index contributed by atoms with van der Waals surface area (Å²) >= 11 is 3.47. The Labute approximate surface area is 112 Å². The van der Waals surface area contributed by atoms with E-state index in [4.69, 9.17) is 9.47 Å². The van der Waals surface area contributed by atoms with Crippen molar-refractivity contribution in [3.05, 3.63) is 23.8 Å². The number of rotatable bonds is 5. The molecular formula is C14H21BrO2. The van der Waals surface area contributed by atoms with Crippen LogP contribution in [0.2, 0.25) is 0 Å². The zero-order valence-electron chi connectivity index (χ0n) is 11.0. The molecule has 0 fully saturated rings. The molecule has 1 aromatic carbocycles. The zero-order chi connectivity index (χ0) is 12.9. The van der Waals surface area contributed by atoms with Crippen LogP contribution >= 0.6 is 15.9 Å². The maximum absolute atomic E-state index is 5.87. The van der Waals surface area contributed by atoms with E-state index in [1.807, 2.05) is 18.2 Å². The molecule has 0 aromatic heterocycles. The van der Waals surface area contributed by atoms with Gasteiger partial charge in [0.05, 0.1) is 13.7 Å². The maximum Gasteiger partial charge on any atom is 0.165 e. The summed E-state index contributed by atoms with van der Waals surface area (Å²) in [6.45, 7) is 7.35. The van der Waals surface area contributed by atoms with Crippen LogP contribution in [0.15, 0.2) is 18.2 Å². The Balaban J connectivity index is 2.74. The minimum Gasteiger partial charge on any atom is -0.493 e.